The van der Waals surface area contributed by atoms with Gasteiger partial charge in [-0.3, -0.25) is 0 Å². The summed E-state index contributed by atoms with van der Waals surface area (Å²) in [5.41, 5.74) is 0. The van der Waals surface area contributed by atoms with E-state index < -0.39 is 0 Å². The highest BCUT2D eigenvalue weighted by molar-refractivity contribution is 4.78. The minimum atomic E-state index is 0.507. The van der Waals surface area contributed by atoms with E-state index in [-0.39, 0.29) is 0 Å². The maximum Gasteiger partial charge on any atom is 0.0577 e. The van der Waals surface area contributed by atoms with Crippen LogP contribution in [0.15, 0.2) is 0 Å². The maximum atomic E-state index is 6.25. The Hall–Kier alpha value is -0.0800. The highest BCUT2D eigenvalue weighted by Crippen LogP contribution is 2.34. The van der Waals surface area contributed by atoms with E-state index in [9.17, 15) is 0 Å². The summed E-state index contributed by atoms with van der Waals surface area (Å²) >= 11 is 0. The molecule has 2 aliphatic carbocycles. The van der Waals surface area contributed by atoms with Crippen molar-refractivity contribution in [2.45, 2.75) is 90.8 Å². The second-order valence-electron chi connectivity index (χ2n) is 8.21. The van der Waals surface area contributed by atoms with E-state index >= 15 is 0 Å². The highest BCUT2D eigenvalue weighted by atomic mass is 16.5. The summed E-state index contributed by atoms with van der Waals surface area (Å²) in [6, 6.07) is 0. The molecule has 0 aromatic heterocycles. The molecule has 130 valence electrons. The zero-order chi connectivity index (χ0) is 15.9. The third-order valence-corrected chi connectivity index (χ3v) is 6.34. The first kappa shape index (κ1) is 18.3. The summed E-state index contributed by atoms with van der Waals surface area (Å²) in [7, 11) is 1.87. The fraction of sp³-hybridized carbons (Fsp3) is 1.00. The predicted octanol–water partition coefficient (Wildman–Crippen LogP) is 5.45. The molecule has 22 heavy (non-hydrogen) atoms. The molecule has 5 atom stereocenters. The largest absolute Gasteiger partial charge is 0.381 e. The van der Waals surface area contributed by atoms with Crippen molar-refractivity contribution in [3.63, 3.8) is 0 Å². The molecule has 0 bridgehead atoms. The topological polar surface area (TPSA) is 18.5 Å². The van der Waals surface area contributed by atoms with E-state index in [0.29, 0.717) is 12.2 Å². The van der Waals surface area contributed by atoms with Crippen molar-refractivity contribution in [3.05, 3.63) is 0 Å². The highest BCUT2D eigenvalue weighted by Gasteiger charge is 2.27. The van der Waals surface area contributed by atoms with E-state index in [1.165, 1.54) is 57.8 Å². The molecule has 2 aliphatic rings. The van der Waals surface area contributed by atoms with Crippen LogP contribution in [-0.4, -0.2) is 25.9 Å². The first-order valence-corrected chi connectivity index (χ1v) is 9.74. The van der Waals surface area contributed by atoms with Crippen molar-refractivity contribution < 1.29 is 9.47 Å². The third-order valence-electron chi connectivity index (χ3n) is 6.34. The lowest BCUT2D eigenvalue weighted by Crippen LogP contribution is -2.28. The van der Waals surface area contributed by atoms with Crippen molar-refractivity contribution in [2.24, 2.45) is 23.7 Å². The molecule has 2 nitrogen and oxygen atoms in total. The smallest absolute Gasteiger partial charge is 0.0577 e. The predicted molar refractivity (Wildman–Crippen MR) is 93.1 cm³/mol. The molecule has 3 unspecified atom stereocenters. The summed E-state index contributed by atoms with van der Waals surface area (Å²) in [6.45, 7) is 8.11. The molecule has 0 N–H and O–H groups in total. The van der Waals surface area contributed by atoms with Crippen LogP contribution in [0.5, 0.6) is 0 Å². The van der Waals surface area contributed by atoms with E-state index in [1.807, 2.05) is 7.11 Å². The normalized spacial score (nSPS) is 34.8. The Morgan fingerprint density at radius 1 is 0.864 bits per heavy atom. The monoisotopic (exact) mass is 310 g/mol. The molecule has 0 aromatic rings. The molecule has 2 saturated carbocycles. The minimum Gasteiger partial charge on any atom is -0.381 e. The molecule has 2 heteroatoms. The van der Waals surface area contributed by atoms with Crippen LogP contribution in [0, 0.1) is 23.7 Å². The van der Waals surface area contributed by atoms with Crippen LogP contribution in [0.1, 0.15) is 78.6 Å². The molecular formula is C20H38O2. The first-order chi connectivity index (χ1) is 10.6. The Morgan fingerprint density at radius 2 is 1.50 bits per heavy atom. The van der Waals surface area contributed by atoms with Crippen LogP contribution in [0.3, 0.4) is 0 Å². The van der Waals surface area contributed by atoms with Crippen molar-refractivity contribution in [2.75, 3.05) is 13.7 Å². The van der Waals surface area contributed by atoms with E-state index in [4.69, 9.17) is 9.47 Å². The van der Waals surface area contributed by atoms with Gasteiger partial charge in [0.25, 0.3) is 0 Å². The van der Waals surface area contributed by atoms with Gasteiger partial charge in [-0.1, -0.05) is 46.5 Å². The summed E-state index contributed by atoms with van der Waals surface area (Å²) < 4.78 is 11.8. The Balaban J connectivity index is 1.65. The first-order valence-electron chi connectivity index (χ1n) is 9.74. The van der Waals surface area contributed by atoms with Gasteiger partial charge in [0.2, 0.25) is 0 Å². The number of methoxy groups -OCH3 is 1. The zero-order valence-corrected chi connectivity index (χ0v) is 15.4. The third kappa shape index (κ3) is 5.53. The molecule has 0 heterocycles. The Bertz CT molecular complexity index is 302. The van der Waals surface area contributed by atoms with Gasteiger partial charge in [-0.05, 0) is 55.8 Å². The lowest BCUT2D eigenvalue weighted by molar-refractivity contribution is -0.00795. The lowest BCUT2D eigenvalue weighted by Gasteiger charge is -2.34. The molecule has 0 amide bonds. The molecule has 0 aromatic carbocycles. The Labute approximate surface area is 138 Å². The van der Waals surface area contributed by atoms with E-state index in [1.54, 1.807) is 0 Å². The fourth-order valence-corrected chi connectivity index (χ4v) is 4.51. The van der Waals surface area contributed by atoms with Gasteiger partial charge >= 0.3 is 0 Å². The van der Waals surface area contributed by atoms with Gasteiger partial charge in [-0.2, -0.15) is 0 Å². The van der Waals surface area contributed by atoms with Gasteiger partial charge in [-0.25, -0.2) is 0 Å². The van der Waals surface area contributed by atoms with Crippen molar-refractivity contribution in [3.8, 4) is 0 Å². The van der Waals surface area contributed by atoms with Gasteiger partial charge in [0.15, 0.2) is 0 Å². The molecule has 2 fully saturated rings. The Kier molecular flexibility index (Phi) is 7.70. The summed E-state index contributed by atoms with van der Waals surface area (Å²) in [6.07, 6.45) is 12.9. The van der Waals surface area contributed by atoms with Gasteiger partial charge in [0, 0.05) is 13.7 Å². The number of ether oxygens (including phenoxy) is 2. The Morgan fingerprint density at radius 3 is 2.18 bits per heavy atom. The molecule has 0 saturated heterocycles. The van der Waals surface area contributed by atoms with Crippen LogP contribution in [0.25, 0.3) is 0 Å². The molecule has 0 aliphatic heterocycles. The average molecular weight is 311 g/mol. The van der Waals surface area contributed by atoms with Crippen LogP contribution in [0.4, 0.5) is 0 Å². The van der Waals surface area contributed by atoms with Gasteiger partial charge in [0.1, 0.15) is 0 Å². The molecule has 0 radical (unpaired) electrons. The second kappa shape index (κ2) is 9.27. The van der Waals surface area contributed by atoms with Crippen LogP contribution in [-0.2, 0) is 9.47 Å². The second-order valence-corrected chi connectivity index (χ2v) is 8.21. The SMILES string of the molecule is CO[C@H]1CCC[C@@H](C(C)CCOC2CCCC(C(C)C)C2)C1. The molecular weight excluding hydrogens is 272 g/mol. The summed E-state index contributed by atoms with van der Waals surface area (Å²) in [5, 5.41) is 0. The van der Waals surface area contributed by atoms with Gasteiger partial charge < -0.3 is 9.47 Å². The van der Waals surface area contributed by atoms with Gasteiger partial charge in [0.05, 0.1) is 12.2 Å². The fourth-order valence-electron chi connectivity index (χ4n) is 4.51. The van der Waals surface area contributed by atoms with E-state index in [2.05, 4.69) is 20.8 Å². The number of rotatable bonds is 7. The quantitative estimate of drug-likeness (QED) is 0.622. The van der Waals surface area contributed by atoms with Crippen molar-refractivity contribution in [1.82, 2.24) is 0 Å². The lowest BCUT2D eigenvalue weighted by atomic mass is 9.78. The number of hydrogen-bond acceptors (Lipinski definition) is 2. The maximum absolute atomic E-state index is 6.25. The van der Waals surface area contributed by atoms with Crippen LogP contribution >= 0.6 is 0 Å². The van der Waals surface area contributed by atoms with Crippen LogP contribution in [0.2, 0.25) is 0 Å². The standard InChI is InChI=1S/C20H38O2/c1-15(2)17-7-5-10-20(13-17)22-12-11-16(3)18-8-6-9-19(14-18)21-4/h15-20H,5-14H2,1-4H3/t16?,17?,18-,19+,20?/m1/s1. The molecule has 0 spiro atoms. The van der Waals surface area contributed by atoms with Crippen molar-refractivity contribution >= 4 is 0 Å². The minimum absolute atomic E-state index is 0.507. The number of hydrogen-bond donors (Lipinski definition) is 0. The average Bonchev–Trinajstić information content (AvgIpc) is 2.55. The van der Waals surface area contributed by atoms with E-state index in [0.717, 1.165) is 30.3 Å². The summed E-state index contributed by atoms with van der Waals surface area (Å²) in [4.78, 5) is 0. The molecule has 2 rings (SSSR count). The zero-order valence-electron chi connectivity index (χ0n) is 15.4. The summed E-state index contributed by atoms with van der Waals surface area (Å²) in [5.74, 6) is 3.33. The van der Waals surface area contributed by atoms with Crippen molar-refractivity contribution in [1.29, 1.82) is 0 Å². The van der Waals surface area contributed by atoms with Crippen LogP contribution < -0.4 is 0 Å². The van der Waals surface area contributed by atoms with Gasteiger partial charge in [-0.15, -0.1) is 0 Å².